The Kier molecular flexibility index (Phi) is 3.85. The molecule has 0 spiro atoms. The zero-order chi connectivity index (χ0) is 15.0. The molecule has 110 valence electrons. The van der Waals surface area contributed by atoms with Crippen LogP contribution >= 0.6 is 15.9 Å². The Morgan fingerprint density at radius 3 is 2.48 bits per heavy atom. The normalized spacial score (nSPS) is 14.1. The molecule has 1 fully saturated rings. The number of rotatable bonds is 4. The number of benzene rings is 1. The fraction of sp³-hybridized carbons (Fsp3) is 0.375. The third kappa shape index (κ3) is 3.02. The summed E-state index contributed by atoms with van der Waals surface area (Å²) in [5, 5.41) is 6.59. The number of nitrogens with zero attached hydrogens (tertiary/aromatic N) is 2. The SMILES string of the molecule is CNc1nc(C2CC2)nc(Nc2ccc(Br)c(C)c2)c1C. The van der Waals surface area contributed by atoms with Crippen LogP contribution in [0.4, 0.5) is 17.3 Å². The lowest BCUT2D eigenvalue weighted by atomic mass is 10.2. The molecule has 1 aliphatic rings. The van der Waals surface area contributed by atoms with Gasteiger partial charge < -0.3 is 10.6 Å². The highest BCUT2D eigenvalue weighted by Crippen LogP contribution is 2.39. The topological polar surface area (TPSA) is 49.8 Å². The van der Waals surface area contributed by atoms with Crippen molar-refractivity contribution < 1.29 is 0 Å². The van der Waals surface area contributed by atoms with Gasteiger partial charge in [0.05, 0.1) is 0 Å². The van der Waals surface area contributed by atoms with E-state index in [0.717, 1.165) is 33.2 Å². The smallest absolute Gasteiger partial charge is 0.139 e. The van der Waals surface area contributed by atoms with Crippen molar-refractivity contribution >= 4 is 33.3 Å². The lowest BCUT2D eigenvalue weighted by Gasteiger charge is -2.14. The van der Waals surface area contributed by atoms with Crippen LogP contribution in [0.3, 0.4) is 0 Å². The zero-order valence-corrected chi connectivity index (χ0v) is 14.1. The first-order valence-electron chi connectivity index (χ1n) is 7.18. The molecule has 5 heteroatoms. The van der Waals surface area contributed by atoms with E-state index in [1.807, 2.05) is 14.0 Å². The molecule has 3 rings (SSSR count). The summed E-state index contributed by atoms with van der Waals surface area (Å²) >= 11 is 3.53. The van der Waals surface area contributed by atoms with Gasteiger partial charge in [-0.15, -0.1) is 0 Å². The van der Waals surface area contributed by atoms with Gasteiger partial charge in [0.15, 0.2) is 0 Å². The van der Waals surface area contributed by atoms with Gasteiger partial charge in [-0.2, -0.15) is 0 Å². The van der Waals surface area contributed by atoms with Gasteiger partial charge in [0.2, 0.25) is 0 Å². The Morgan fingerprint density at radius 1 is 1.14 bits per heavy atom. The first-order chi connectivity index (χ1) is 10.1. The fourth-order valence-corrected chi connectivity index (χ4v) is 2.53. The maximum absolute atomic E-state index is 4.72. The molecule has 0 unspecified atom stereocenters. The summed E-state index contributed by atoms with van der Waals surface area (Å²) in [7, 11) is 1.90. The molecule has 0 amide bonds. The predicted octanol–water partition coefficient (Wildman–Crippen LogP) is 4.52. The zero-order valence-electron chi connectivity index (χ0n) is 12.5. The largest absolute Gasteiger partial charge is 0.373 e. The highest BCUT2D eigenvalue weighted by Gasteiger charge is 2.28. The van der Waals surface area contributed by atoms with Gasteiger partial charge >= 0.3 is 0 Å². The maximum Gasteiger partial charge on any atom is 0.139 e. The van der Waals surface area contributed by atoms with Crippen molar-refractivity contribution in [2.75, 3.05) is 17.7 Å². The molecule has 0 saturated heterocycles. The second-order valence-electron chi connectivity index (χ2n) is 5.52. The van der Waals surface area contributed by atoms with Crippen LogP contribution in [0.25, 0.3) is 0 Å². The van der Waals surface area contributed by atoms with Crippen LogP contribution in [0.2, 0.25) is 0 Å². The third-order valence-corrected chi connectivity index (χ3v) is 4.65. The van der Waals surface area contributed by atoms with Gasteiger partial charge in [-0.25, -0.2) is 9.97 Å². The van der Waals surface area contributed by atoms with Gasteiger partial charge in [0.25, 0.3) is 0 Å². The van der Waals surface area contributed by atoms with E-state index in [1.165, 1.54) is 18.4 Å². The second kappa shape index (κ2) is 5.64. The van der Waals surface area contributed by atoms with Gasteiger partial charge in [0.1, 0.15) is 17.5 Å². The summed E-state index contributed by atoms with van der Waals surface area (Å²) < 4.78 is 1.11. The Hall–Kier alpha value is -1.62. The number of anilines is 3. The lowest BCUT2D eigenvalue weighted by molar-refractivity contribution is 0.923. The van der Waals surface area contributed by atoms with E-state index in [4.69, 9.17) is 4.98 Å². The maximum atomic E-state index is 4.72. The monoisotopic (exact) mass is 346 g/mol. The minimum Gasteiger partial charge on any atom is -0.373 e. The standard InChI is InChI=1S/C16H19BrN4/c1-9-8-12(6-7-13(9)17)19-15-10(2)14(18-3)20-16(21-15)11-4-5-11/h6-8,11H,4-5H2,1-3H3,(H2,18,19,20,21). The average Bonchev–Trinajstić information content (AvgIpc) is 3.29. The number of halogens is 1. The quantitative estimate of drug-likeness (QED) is 0.854. The molecule has 2 N–H and O–H groups in total. The number of nitrogens with one attached hydrogen (secondary N) is 2. The molecule has 1 saturated carbocycles. The molecule has 0 radical (unpaired) electrons. The fourth-order valence-electron chi connectivity index (χ4n) is 2.28. The predicted molar refractivity (Wildman–Crippen MR) is 90.5 cm³/mol. The molecule has 1 aliphatic carbocycles. The number of hydrogen-bond donors (Lipinski definition) is 2. The summed E-state index contributed by atoms with van der Waals surface area (Å²) in [4.78, 5) is 9.33. The highest BCUT2D eigenvalue weighted by molar-refractivity contribution is 9.10. The summed E-state index contributed by atoms with van der Waals surface area (Å²) in [6, 6.07) is 6.21. The van der Waals surface area contributed by atoms with Gasteiger partial charge in [-0.1, -0.05) is 15.9 Å². The minimum atomic E-state index is 0.532. The van der Waals surface area contributed by atoms with Crippen LogP contribution < -0.4 is 10.6 Å². The number of aryl methyl sites for hydroxylation is 1. The van der Waals surface area contributed by atoms with Crippen LogP contribution in [-0.2, 0) is 0 Å². The van der Waals surface area contributed by atoms with Gasteiger partial charge in [-0.05, 0) is 50.5 Å². The molecule has 1 heterocycles. The summed E-state index contributed by atoms with van der Waals surface area (Å²) in [5.41, 5.74) is 3.28. The van der Waals surface area contributed by atoms with Crippen LogP contribution in [0.15, 0.2) is 22.7 Å². The van der Waals surface area contributed by atoms with E-state index in [-0.39, 0.29) is 0 Å². The van der Waals surface area contributed by atoms with Crippen LogP contribution in [0.1, 0.15) is 35.7 Å². The van der Waals surface area contributed by atoms with E-state index >= 15 is 0 Å². The number of hydrogen-bond acceptors (Lipinski definition) is 4. The van der Waals surface area contributed by atoms with Crippen LogP contribution in [-0.4, -0.2) is 17.0 Å². The van der Waals surface area contributed by atoms with E-state index in [0.29, 0.717) is 5.92 Å². The van der Waals surface area contributed by atoms with Crippen molar-refractivity contribution in [2.45, 2.75) is 32.6 Å². The molecule has 1 aromatic carbocycles. The van der Waals surface area contributed by atoms with Crippen molar-refractivity contribution in [1.29, 1.82) is 0 Å². The summed E-state index contributed by atoms with van der Waals surface area (Å²) in [6.07, 6.45) is 2.39. The van der Waals surface area contributed by atoms with E-state index in [9.17, 15) is 0 Å². The minimum absolute atomic E-state index is 0.532. The third-order valence-electron chi connectivity index (χ3n) is 3.76. The summed E-state index contributed by atoms with van der Waals surface area (Å²) in [6.45, 7) is 4.12. The summed E-state index contributed by atoms with van der Waals surface area (Å²) in [5.74, 6) is 3.27. The van der Waals surface area contributed by atoms with Crippen LogP contribution in [0.5, 0.6) is 0 Å². The van der Waals surface area contributed by atoms with Crippen molar-refractivity contribution in [3.63, 3.8) is 0 Å². The molecule has 0 aliphatic heterocycles. The Balaban J connectivity index is 1.96. The van der Waals surface area contributed by atoms with Gasteiger partial charge in [-0.3, -0.25) is 0 Å². The Morgan fingerprint density at radius 2 is 1.86 bits per heavy atom. The van der Waals surface area contributed by atoms with E-state index in [1.54, 1.807) is 0 Å². The molecular formula is C16H19BrN4. The molecule has 21 heavy (non-hydrogen) atoms. The molecule has 4 nitrogen and oxygen atoms in total. The second-order valence-corrected chi connectivity index (χ2v) is 6.37. The van der Waals surface area contributed by atoms with Crippen molar-refractivity contribution in [1.82, 2.24) is 9.97 Å². The first-order valence-corrected chi connectivity index (χ1v) is 7.97. The van der Waals surface area contributed by atoms with Crippen molar-refractivity contribution in [2.24, 2.45) is 0 Å². The molecule has 2 aromatic rings. The molecule has 1 aromatic heterocycles. The first kappa shape index (κ1) is 14.3. The Labute approximate surface area is 133 Å². The molecule has 0 bridgehead atoms. The molecule has 0 atom stereocenters. The molecular weight excluding hydrogens is 328 g/mol. The van der Waals surface area contributed by atoms with Crippen LogP contribution in [0, 0.1) is 13.8 Å². The van der Waals surface area contributed by atoms with Gasteiger partial charge in [0, 0.05) is 28.7 Å². The Bertz CT molecular complexity index is 680. The lowest BCUT2D eigenvalue weighted by Crippen LogP contribution is -2.06. The van der Waals surface area contributed by atoms with E-state index < -0.39 is 0 Å². The highest BCUT2D eigenvalue weighted by atomic mass is 79.9. The van der Waals surface area contributed by atoms with Crippen molar-refractivity contribution in [3.05, 3.63) is 39.6 Å². The average molecular weight is 347 g/mol. The number of aromatic nitrogens is 2. The van der Waals surface area contributed by atoms with E-state index in [2.05, 4.69) is 56.7 Å². The van der Waals surface area contributed by atoms with Crippen molar-refractivity contribution in [3.8, 4) is 0 Å².